The van der Waals surface area contributed by atoms with Gasteiger partial charge >= 0.3 is 5.97 Å². The zero-order valence-electron chi connectivity index (χ0n) is 10.3. The number of carbonyl (C=O) groups excluding carboxylic acids is 1. The third-order valence-electron chi connectivity index (χ3n) is 2.47. The van der Waals surface area contributed by atoms with E-state index in [1.165, 1.54) is 7.05 Å². The van der Waals surface area contributed by atoms with Gasteiger partial charge in [0.15, 0.2) is 18.0 Å². The lowest BCUT2D eigenvalue weighted by Crippen LogP contribution is -2.24. The van der Waals surface area contributed by atoms with Gasteiger partial charge in [0, 0.05) is 19.4 Å². The number of carboxylic acid groups (broad SMARTS) is 1. The molecule has 2 N–H and O–H groups in total. The minimum atomic E-state index is -0.948. The molecule has 0 saturated heterocycles. The SMILES string of the molecule is CNC(=O)COc1cccn2cc(CC(=O)O)nc12. The molecule has 0 saturated carbocycles. The Morgan fingerprint density at radius 3 is 3.00 bits per heavy atom. The third kappa shape index (κ3) is 3.01. The molecule has 0 spiro atoms. The summed E-state index contributed by atoms with van der Waals surface area (Å²) >= 11 is 0. The molecular formula is C12H13N3O4. The minimum absolute atomic E-state index is 0.114. The van der Waals surface area contributed by atoms with Crippen LogP contribution >= 0.6 is 0 Å². The largest absolute Gasteiger partial charge is 0.481 e. The molecule has 0 fully saturated rings. The summed E-state index contributed by atoms with van der Waals surface area (Å²) in [4.78, 5) is 26.0. The van der Waals surface area contributed by atoms with Gasteiger partial charge in [-0.1, -0.05) is 0 Å². The highest BCUT2D eigenvalue weighted by molar-refractivity contribution is 5.77. The highest BCUT2D eigenvalue weighted by Gasteiger charge is 2.10. The number of ether oxygens (including phenoxy) is 1. The first-order valence-corrected chi connectivity index (χ1v) is 5.62. The van der Waals surface area contributed by atoms with Crippen LogP contribution in [0.5, 0.6) is 5.75 Å². The number of nitrogens with zero attached hydrogens (tertiary/aromatic N) is 2. The lowest BCUT2D eigenvalue weighted by molar-refractivity contribution is -0.136. The van der Waals surface area contributed by atoms with Crippen molar-refractivity contribution in [3.8, 4) is 5.75 Å². The van der Waals surface area contributed by atoms with Crippen molar-refractivity contribution in [2.24, 2.45) is 0 Å². The Balaban J connectivity index is 2.26. The van der Waals surface area contributed by atoms with E-state index in [1.54, 1.807) is 28.9 Å². The Labute approximate surface area is 108 Å². The van der Waals surface area contributed by atoms with E-state index in [0.29, 0.717) is 17.1 Å². The second kappa shape index (κ2) is 5.38. The van der Waals surface area contributed by atoms with Gasteiger partial charge in [-0.05, 0) is 12.1 Å². The number of hydrogen-bond acceptors (Lipinski definition) is 4. The van der Waals surface area contributed by atoms with E-state index in [1.807, 2.05) is 0 Å². The number of likely N-dealkylation sites (N-methyl/N-ethyl adjacent to an activating group) is 1. The van der Waals surface area contributed by atoms with Crippen LogP contribution in [0, 0.1) is 0 Å². The average Bonchev–Trinajstić information content (AvgIpc) is 2.77. The number of amides is 1. The van der Waals surface area contributed by atoms with Crippen LogP contribution in [0.15, 0.2) is 24.5 Å². The van der Waals surface area contributed by atoms with Gasteiger partial charge in [0.25, 0.3) is 5.91 Å². The van der Waals surface area contributed by atoms with Gasteiger partial charge in [0.05, 0.1) is 12.1 Å². The molecule has 2 aromatic rings. The van der Waals surface area contributed by atoms with Crippen molar-refractivity contribution in [2.75, 3.05) is 13.7 Å². The summed E-state index contributed by atoms with van der Waals surface area (Å²) in [6, 6.07) is 3.41. The molecule has 0 aliphatic rings. The standard InChI is InChI=1S/C12H13N3O4/c1-13-10(16)7-19-9-3-2-4-15-6-8(5-11(17)18)14-12(9)15/h2-4,6H,5,7H2,1H3,(H,13,16)(H,17,18). The fourth-order valence-electron chi connectivity index (χ4n) is 1.61. The number of carbonyl (C=O) groups is 2. The predicted octanol–water partition coefficient (Wildman–Crippen LogP) is 0.0862. The number of pyridine rings is 1. The molecule has 0 unspecified atom stereocenters. The van der Waals surface area contributed by atoms with Crippen LogP contribution in [-0.4, -0.2) is 40.0 Å². The number of rotatable bonds is 5. The molecule has 2 rings (SSSR count). The normalized spacial score (nSPS) is 10.4. The number of nitrogens with one attached hydrogen (secondary N) is 1. The first-order chi connectivity index (χ1) is 9.10. The molecule has 19 heavy (non-hydrogen) atoms. The van der Waals surface area contributed by atoms with Crippen LogP contribution in [0.1, 0.15) is 5.69 Å². The van der Waals surface area contributed by atoms with Gasteiger partial charge in [-0.25, -0.2) is 4.98 Å². The van der Waals surface area contributed by atoms with Crippen LogP contribution < -0.4 is 10.1 Å². The van der Waals surface area contributed by atoms with E-state index in [4.69, 9.17) is 9.84 Å². The fourth-order valence-corrected chi connectivity index (χ4v) is 1.61. The van der Waals surface area contributed by atoms with Gasteiger partial charge in [-0.15, -0.1) is 0 Å². The highest BCUT2D eigenvalue weighted by atomic mass is 16.5. The lowest BCUT2D eigenvalue weighted by Gasteiger charge is -2.05. The van der Waals surface area contributed by atoms with E-state index in [9.17, 15) is 9.59 Å². The van der Waals surface area contributed by atoms with Gasteiger partial charge in [0.2, 0.25) is 0 Å². The Morgan fingerprint density at radius 1 is 1.53 bits per heavy atom. The number of aliphatic carboxylic acids is 1. The van der Waals surface area contributed by atoms with Gasteiger partial charge < -0.3 is 19.6 Å². The second-order valence-electron chi connectivity index (χ2n) is 3.87. The van der Waals surface area contributed by atoms with E-state index in [-0.39, 0.29) is 18.9 Å². The van der Waals surface area contributed by atoms with E-state index < -0.39 is 5.97 Å². The van der Waals surface area contributed by atoms with Crippen molar-refractivity contribution in [3.05, 3.63) is 30.2 Å². The van der Waals surface area contributed by atoms with Crippen LogP contribution in [0.2, 0.25) is 0 Å². The van der Waals surface area contributed by atoms with Crippen LogP contribution in [0.25, 0.3) is 5.65 Å². The smallest absolute Gasteiger partial charge is 0.309 e. The molecule has 7 nitrogen and oxygen atoms in total. The number of hydrogen-bond donors (Lipinski definition) is 2. The summed E-state index contributed by atoms with van der Waals surface area (Å²) in [5.74, 6) is -0.765. The fraction of sp³-hybridized carbons (Fsp3) is 0.250. The molecule has 100 valence electrons. The molecule has 0 aromatic carbocycles. The Kier molecular flexibility index (Phi) is 3.65. The van der Waals surface area contributed by atoms with Gasteiger partial charge in [-0.2, -0.15) is 0 Å². The maximum absolute atomic E-state index is 11.1. The van der Waals surface area contributed by atoms with Crippen molar-refractivity contribution in [3.63, 3.8) is 0 Å². The van der Waals surface area contributed by atoms with Crippen molar-refractivity contribution >= 4 is 17.5 Å². The number of aromatic nitrogens is 2. The summed E-state index contributed by atoms with van der Waals surface area (Å²) in [6.07, 6.45) is 3.20. The van der Waals surface area contributed by atoms with Gasteiger partial charge in [0.1, 0.15) is 0 Å². The summed E-state index contributed by atoms with van der Waals surface area (Å²) in [7, 11) is 1.52. The summed E-state index contributed by atoms with van der Waals surface area (Å²) in [5, 5.41) is 11.2. The molecule has 0 radical (unpaired) electrons. The van der Waals surface area contributed by atoms with Crippen LogP contribution in [-0.2, 0) is 16.0 Å². The Morgan fingerprint density at radius 2 is 2.32 bits per heavy atom. The summed E-state index contributed by atoms with van der Waals surface area (Å²) in [5.41, 5.74) is 0.922. The summed E-state index contributed by atoms with van der Waals surface area (Å²) in [6.45, 7) is -0.114. The zero-order valence-corrected chi connectivity index (χ0v) is 10.3. The second-order valence-corrected chi connectivity index (χ2v) is 3.87. The zero-order chi connectivity index (χ0) is 13.8. The monoisotopic (exact) mass is 263 g/mol. The van der Waals surface area contributed by atoms with Crippen molar-refractivity contribution in [1.29, 1.82) is 0 Å². The molecule has 7 heteroatoms. The van der Waals surface area contributed by atoms with Crippen LogP contribution in [0.4, 0.5) is 0 Å². The molecule has 0 aliphatic heterocycles. The minimum Gasteiger partial charge on any atom is -0.481 e. The number of carboxylic acids is 1. The molecule has 0 atom stereocenters. The van der Waals surface area contributed by atoms with Crippen molar-refractivity contribution in [1.82, 2.24) is 14.7 Å². The van der Waals surface area contributed by atoms with Crippen LogP contribution in [0.3, 0.4) is 0 Å². The van der Waals surface area contributed by atoms with E-state index in [2.05, 4.69) is 10.3 Å². The average molecular weight is 263 g/mol. The molecule has 2 aromatic heterocycles. The van der Waals surface area contributed by atoms with Crippen molar-refractivity contribution < 1.29 is 19.4 Å². The van der Waals surface area contributed by atoms with Crippen molar-refractivity contribution in [2.45, 2.75) is 6.42 Å². The number of imidazole rings is 1. The maximum Gasteiger partial charge on any atom is 0.309 e. The maximum atomic E-state index is 11.1. The molecular weight excluding hydrogens is 250 g/mol. The summed E-state index contributed by atoms with van der Waals surface area (Å²) < 4.78 is 7.01. The van der Waals surface area contributed by atoms with E-state index in [0.717, 1.165) is 0 Å². The Bertz CT molecular complexity index is 620. The molecule has 2 heterocycles. The third-order valence-corrected chi connectivity index (χ3v) is 2.47. The molecule has 1 amide bonds. The van der Waals surface area contributed by atoms with Gasteiger partial charge in [-0.3, -0.25) is 9.59 Å². The number of fused-ring (bicyclic) bond motifs is 1. The molecule has 0 bridgehead atoms. The van der Waals surface area contributed by atoms with E-state index >= 15 is 0 Å². The predicted molar refractivity (Wildman–Crippen MR) is 66.1 cm³/mol. The first-order valence-electron chi connectivity index (χ1n) is 5.62. The highest BCUT2D eigenvalue weighted by Crippen LogP contribution is 2.19. The molecule has 0 aliphatic carbocycles. The Hall–Kier alpha value is -2.57. The topological polar surface area (TPSA) is 92.9 Å². The first kappa shape index (κ1) is 12.9. The quantitative estimate of drug-likeness (QED) is 0.797. The lowest BCUT2D eigenvalue weighted by atomic mass is 10.3.